The maximum absolute atomic E-state index is 14.6. The molecule has 4 heterocycles. The molecular weight excluding hydrogens is 437 g/mol. The second-order valence-corrected chi connectivity index (χ2v) is 9.45. The normalized spacial score (nSPS) is 17.6. The third-order valence-corrected chi connectivity index (χ3v) is 6.75. The zero-order valence-electron chi connectivity index (χ0n) is 19.8. The first-order chi connectivity index (χ1) is 16.2. The van der Waals surface area contributed by atoms with E-state index in [1.165, 1.54) is 13.2 Å². The van der Waals surface area contributed by atoms with E-state index >= 15 is 0 Å². The molecule has 0 amide bonds. The van der Waals surface area contributed by atoms with Gasteiger partial charge in [-0.05, 0) is 55.0 Å². The number of esters is 1. The number of hydrogen-bond donors (Lipinski definition) is 1. The van der Waals surface area contributed by atoms with Gasteiger partial charge in [-0.2, -0.15) is 0 Å². The summed E-state index contributed by atoms with van der Waals surface area (Å²) in [6.07, 6.45) is 1.73. The molecule has 34 heavy (non-hydrogen) atoms. The van der Waals surface area contributed by atoms with Crippen molar-refractivity contribution in [3.05, 3.63) is 61.7 Å². The number of carbonyl (C=O) groups is 1. The third kappa shape index (κ3) is 3.35. The van der Waals surface area contributed by atoms with Crippen molar-refractivity contribution in [1.29, 1.82) is 0 Å². The highest BCUT2D eigenvalue weighted by molar-refractivity contribution is 5.92. The van der Waals surface area contributed by atoms with Gasteiger partial charge >= 0.3 is 5.97 Å². The van der Waals surface area contributed by atoms with Crippen LogP contribution in [0.2, 0.25) is 0 Å². The Labute approximate surface area is 196 Å². The lowest BCUT2D eigenvalue weighted by Crippen LogP contribution is -2.33. The summed E-state index contributed by atoms with van der Waals surface area (Å²) in [7, 11) is 1.42. The summed E-state index contributed by atoms with van der Waals surface area (Å²) in [5, 5.41) is 1.04. The van der Waals surface area contributed by atoms with E-state index in [1.54, 1.807) is 4.57 Å². The van der Waals surface area contributed by atoms with Crippen molar-refractivity contribution in [3.63, 3.8) is 0 Å². The van der Waals surface area contributed by atoms with Crippen molar-refractivity contribution in [3.8, 4) is 11.4 Å². The molecule has 6 rings (SSSR count). The van der Waals surface area contributed by atoms with Gasteiger partial charge in [-0.1, -0.05) is 13.8 Å². The van der Waals surface area contributed by atoms with Crippen molar-refractivity contribution in [2.75, 3.05) is 7.11 Å². The highest BCUT2D eigenvalue weighted by atomic mass is 19.1. The molecule has 7 nitrogen and oxygen atoms in total. The molecule has 2 aliphatic heterocycles. The predicted octanol–water partition coefficient (Wildman–Crippen LogP) is 3.46. The number of halogens is 1. The summed E-state index contributed by atoms with van der Waals surface area (Å²) in [4.78, 5) is 30.2. The van der Waals surface area contributed by atoms with Gasteiger partial charge in [0.15, 0.2) is 6.10 Å². The van der Waals surface area contributed by atoms with Crippen LogP contribution in [0.4, 0.5) is 4.39 Å². The lowest BCUT2D eigenvalue weighted by molar-refractivity contribution is -0.159. The number of carbonyl (C=O) groups excluding carboxylic acids is 1. The second-order valence-electron chi connectivity index (χ2n) is 9.45. The van der Waals surface area contributed by atoms with Crippen LogP contribution in [0, 0.1) is 12.7 Å². The number of aryl methyl sites for hydroxylation is 2. The number of hydrogen-bond acceptors (Lipinski definition) is 6. The quantitative estimate of drug-likeness (QED) is 0.433. The highest BCUT2D eigenvalue weighted by Gasteiger charge is 2.36. The third-order valence-electron chi connectivity index (χ3n) is 6.75. The summed E-state index contributed by atoms with van der Waals surface area (Å²) in [5.41, 5.74) is 11.8. The molecule has 3 aromatic rings. The number of nitrogens with two attached hydrogens (primary N) is 1. The van der Waals surface area contributed by atoms with E-state index in [9.17, 15) is 14.0 Å². The minimum absolute atomic E-state index is 0.0553. The molecule has 0 spiro atoms. The van der Waals surface area contributed by atoms with Crippen LogP contribution in [0.5, 0.6) is 0 Å². The van der Waals surface area contributed by atoms with Crippen LogP contribution in [-0.4, -0.2) is 28.7 Å². The van der Waals surface area contributed by atoms with Crippen molar-refractivity contribution < 1.29 is 18.7 Å². The summed E-state index contributed by atoms with van der Waals surface area (Å²) in [6, 6.07) is 3.65. The molecule has 2 N–H and O–H groups in total. The molecule has 178 valence electrons. The Morgan fingerprint density at radius 3 is 2.59 bits per heavy atom. The standard InChI is InChI=1S/C23H19FN2O4.C3H9N/c1-10-11-4-3-5-12-14-8-26-18(20(14)25-17(19(11)12)7-16(10)24)6-13-15(22(26)27)9-30-23(28)21(13)29-2;1-3(2)4/h6-7,21H,3-5,8-9H2,1-2H3;3H,4H2,1-2H3. The van der Waals surface area contributed by atoms with Crippen molar-refractivity contribution >= 4 is 16.9 Å². The largest absolute Gasteiger partial charge is 0.458 e. The van der Waals surface area contributed by atoms with Crippen LogP contribution in [0.15, 0.2) is 16.9 Å². The van der Waals surface area contributed by atoms with E-state index < -0.39 is 12.1 Å². The topological polar surface area (TPSA) is 96.4 Å². The summed E-state index contributed by atoms with van der Waals surface area (Å²) in [6.45, 7) is 6.08. The molecule has 2 aromatic heterocycles. The van der Waals surface area contributed by atoms with E-state index in [1.807, 2.05) is 26.8 Å². The Morgan fingerprint density at radius 1 is 1.18 bits per heavy atom. The lowest BCUT2D eigenvalue weighted by atomic mass is 9.85. The number of cyclic esters (lactones) is 1. The monoisotopic (exact) mass is 465 g/mol. The van der Waals surface area contributed by atoms with Gasteiger partial charge in [0, 0.05) is 29.7 Å². The Bertz CT molecular complexity index is 1410. The molecule has 0 fully saturated rings. The van der Waals surface area contributed by atoms with Gasteiger partial charge in [0.1, 0.15) is 12.4 Å². The van der Waals surface area contributed by atoms with Gasteiger partial charge in [0.2, 0.25) is 0 Å². The predicted molar refractivity (Wildman–Crippen MR) is 126 cm³/mol. The van der Waals surface area contributed by atoms with Gasteiger partial charge in [0.25, 0.3) is 5.56 Å². The number of fused-ring (bicyclic) bond motifs is 5. The van der Waals surface area contributed by atoms with Crippen LogP contribution < -0.4 is 11.3 Å². The molecule has 0 bridgehead atoms. The minimum atomic E-state index is -0.929. The van der Waals surface area contributed by atoms with Gasteiger partial charge in [-0.3, -0.25) is 4.79 Å². The van der Waals surface area contributed by atoms with Crippen LogP contribution in [-0.2, 0) is 40.3 Å². The lowest BCUT2D eigenvalue weighted by Gasteiger charge is -2.24. The van der Waals surface area contributed by atoms with Crippen molar-refractivity contribution in [1.82, 2.24) is 9.55 Å². The molecule has 1 aromatic carbocycles. The summed E-state index contributed by atoms with van der Waals surface area (Å²) < 4.78 is 26.7. The van der Waals surface area contributed by atoms with Crippen LogP contribution >= 0.6 is 0 Å². The fourth-order valence-electron chi connectivity index (χ4n) is 5.27. The molecule has 1 aliphatic carbocycles. The van der Waals surface area contributed by atoms with E-state index in [2.05, 4.69) is 0 Å². The number of rotatable bonds is 1. The fourth-order valence-corrected chi connectivity index (χ4v) is 5.27. The van der Waals surface area contributed by atoms with Gasteiger partial charge in [-0.25, -0.2) is 14.2 Å². The molecule has 3 aliphatic rings. The first kappa shape index (κ1) is 22.7. The second kappa shape index (κ2) is 8.29. The maximum Gasteiger partial charge on any atom is 0.340 e. The number of aromatic nitrogens is 2. The van der Waals surface area contributed by atoms with Crippen molar-refractivity contribution in [2.45, 2.75) is 65.3 Å². The van der Waals surface area contributed by atoms with Crippen LogP contribution in [0.25, 0.3) is 22.3 Å². The summed E-state index contributed by atoms with van der Waals surface area (Å²) >= 11 is 0. The molecule has 0 radical (unpaired) electrons. The minimum Gasteiger partial charge on any atom is -0.458 e. The molecule has 1 atom stereocenters. The van der Waals surface area contributed by atoms with E-state index in [0.717, 1.165) is 41.3 Å². The first-order valence-electron chi connectivity index (χ1n) is 11.6. The number of methoxy groups -OCH3 is 1. The van der Waals surface area contributed by atoms with Gasteiger partial charge in [0.05, 0.1) is 29.0 Å². The van der Waals surface area contributed by atoms with E-state index in [4.69, 9.17) is 20.2 Å². The average molecular weight is 466 g/mol. The van der Waals surface area contributed by atoms with Gasteiger partial charge in [-0.15, -0.1) is 0 Å². The Kier molecular flexibility index (Phi) is 5.53. The number of nitrogens with zero attached hydrogens (tertiary/aromatic N) is 2. The zero-order valence-corrected chi connectivity index (χ0v) is 19.8. The molecule has 0 saturated heterocycles. The SMILES string of the molecule is CC(C)N.COC1C(=O)OCc2c1cc1n(c2=O)Cc2c-1nc1cc(F)c(C)c3c1c2CCC3. The molecule has 0 saturated carbocycles. The van der Waals surface area contributed by atoms with Crippen LogP contribution in [0.3, 0.4) is 0 Å². The van der Waals surface area contributed by atoms with E-state index in [0.29, 0.717) is 46.2 Å². The fraction of sp³-hybridized carbons (Fsp3) is 0.423. The smallest absolute Gasteiger partial charge is 0.340 e. The first-order valence-corrected chi connectivity index (χ1v) is 11.6. The summed E-state index contributed by atoms with van der Waals surface area (Å²) in [5.74, 6) is -0.753. The Hall–Kier alpha value is -3.10. The van der Waals surface area contributed by atoms with Crippen LogP contribution in [0.1, 0.15) is 59.8 Å². The Balaban J connectivity index is 0.000000560. The number of benzene rings is 1. The number of ether oxygens (including phenoxy) is 2. The van der Waals surface area contributed by atoms with Crippen molar-refractivity contribution in [2.24, 2.45) is 5.73 Å². The molecule has 8 heteroatoms. The number of pyridine rings is 2. The zero-order chi connectivity index (χ0) is 24.3. The molecular formula is C26H28FN3O4. The Morgan fingerprint density at radius 2 is 1.88 bits per heavy atom. The van der Waals surface area contributed by atoms with Gasteiger partial charge < -0.3 is 19.8 Å². The maximum atomic E-state index is 14.6. The molecule has 1 unspecified atom stereocenters. The average Bonchev–Trinajstić information content (AvgIpc) is 3.16. The highest BCUT2D eigenvalue weighted by Crippen LogP contribution is 2.42. The van der Waals surface area contributed by atoms with E-state index in [-0.39, 0.29) is 18.0 Å².